The van der Waals surface area contributed by atoms with E-state index in [1.54, 1.807) is 0 Å². The van der Waals surface area contributed by atoms with Crippen LogP contribution in [0.2, 0.25) is 0 Å². The van der Waals surface area contributed by atoms with Gasteiger partial charge in [-0.1, -0.05) is 109 Å². The van der Waals surface area contributed by atoms with Gasteiger partial charge in [-0.15, -0.1) is 6.58 Å². The summed E-state index contributed by atoms with van der Waals surface area (Å²) >= 11 is 0. The predicted octanol–water partition coefficient (Wildman–Crippen LogP) is 8.40. The molecule has 0 aromatic rings. The Bertz CT molecular complexity index is 224. The summed E-state index contributed by atoms with van der Waals surface area (Å²) in [6.07, 6.45) is 27.2. The normalized spacial score (nSPS) is 10.3. The number of allylic oxidation sites excluding steroid dienone is 4. The summed E-state index contributed by atoms with van der Waals surface area (Å²) in [6.45, 7) is 11.8. The van der Waals surface area contributed by atoms with Crippen molar-refractivity contribution in [2.24, 2.45) is 0 Å². The molecule has 0 spiro atoms. The second-order valence-electron chi connectivity index (χ2n) is 6.07. The number of hydrogen-bond donors (Lipinski definition) is 0. The number of unbranched alkanes of at least 4 members (excludes halogenated alkanes) is 12. The van der Waals surface area contributed by atoms with Crippen LogP contribution in [0.5, 0.6) is 0 Å². The first-order valence-electron chi connectivity index (χ1n) is 9.71. The fourth-order valence-corrected chi connectivity index (χ4v) is 2.30. The monoisotopic (exact) mass is 306 g/mol. The van der Waals surface area contributed by atoms with E-state index in [-0.39, 0.29) is 0 Å². The average Bonchev–Trinajstić information content (AvgIpc) is 2.54. The first-order valence-corrected chi connectivity index (χ1v) is 9.71. The Morgan fingerprint density at radius 2 is 1.05 bits per heavy atom. The molecule has 0 aliphatic heterocycles. The third-order valence-corrected chi connectivity index (χ3v) is 3.76. The van der Waals surface area contributed by atoms with Crippen molar-refractivity contribution in [2.45, 2.75) is 104 Å². The van der Waals surface area contributed by atoms with E-state index in [9.17, 15) is 0 Å². The zero-order chi connectivity index (χ0) is 16.7. The minimum atomic E-state index is 1.20. The molecule has 0 bridgehead atoms. The summed E-state index contributed by atoms with van der Waals surface area (Å²) < 4.78 is 0. The fraction of sp³-hybridized carbons (Fsp3) is 0.727. The van der Waals surface area contributed by atoms with Crippen LogP contribution in [0.1, 0.15) is 104 Å². The highest BCUT2D eigenvalue weighted by Crippen LogP contribution is 2.08. The van der Waals surface area contributed by atoms with Crippen molar-refractivity contribution in [3.8, 4) is 0 Å². The largest absolute Gasteiger partial charge is 0.103 e. The van der Waals surface area contributed by atoms with Crippen LogP contribution in [-0.4, -0.2) is 0 Å². The van der Waals surface area contributed by atoms with Crippen LogP contribution in [0, 0.1) is 0 Å². The molecule has 0 unspecified atom stereocenters. The van der Waals surface area contributed by atoms with E-state index >= 15 is 0 Å². The lowest BCUT2D eigenvalue weighted by Gasteiger charge is -1.98. The second-order valence-corrected chi connectivity index (χ2v) is 6.07. The van der Waals surface area contributed by atoms with Gasteiger partial charge in [0.05, 0.1) is 0 Å². The van der Waals surface area contributed by atoms with Crippen molar-refractivity contribution >= 4 is 0 Å². The van der Waals surface area contributed by atoms with Gasteiger partial charge >= 0.3 is 0 Å². The molecule has 0 radical (unpaired) electrons. The van der Waals surface area contributed by atoms with Crippen molar-refractivity contribution < 1.29 is 0 Å². The Morgan fingerprint density at radius 3 is 1.50 bits per heavy atom. The molecule has 0 fully saturated rings. The quantitative estimate of drug-likeness (QED) is 0.162. The minimum absolute atomic E-state index is 1.20. The first kappa shape index (κ1) is 23.5. The smallest absolute Gasteiger partial charge is 0.0348 e. The summed E-state index contributed by atoms with van der Waals surface area (Å²) in [4.78, 5) is 0. The Labute approximate surface area is 141 Å². The van der Waals surface area contributed by atoms with E-state index in [4.69, 9.17) is 0 Å². The maximum absolute atomic E-state index is 3.71. The first-order chi connectivity index (χ1) is 10.8. The number of rotatable bonds is 15. The zero-order valence-electron chi connectivity index (χ0n) is 15.6. The van der Waals surface area contributed by atoms with Crippen LogP contribution < -0.4 is 0 Å². The molecule has 22 heavy (non-hydrogen) atoms. The van der Waals surface area contributed by atoms with Gasteiger partial charge in [0, 0.05) is 0 Å². The molecule has 0 aromatic heterocycles. The van der Waals surface area contributed by atoms with Crippen LogP contribution in [0.3, 0.4) is 0 Å². The lowest BCUT2D eigenvalue weighted by atomic mass is 10.1. The Morgan fingerprint density at radius 1 is 0.591 bits per heavy atom. The zero-order valence-corrected chi connectivity index (χ0v) is 15.6. The van der Waals surface area contributed by atoms with Gasteiger partial charge < -0.3 is 0 Å². The second kappa shape index (κ2) is 25.2. The van der Waals surface area contributed by atoms with Crippen LogP contribution in [0.15, 0.2) is 37.5 Å². The Balaban J connectivity index is 0. The summed E-state index contributed by atoms with van der Waals surface area (Å²) in [5, 5.41) is 0. The summed E-state index contributed by atoms with van der Waals surface area (Å²) in [5.74, 6) is 0. The molecular weight excluding hydrogens is 264 g/mol. The highest BCUT2D eigenvalue weighted by Gasteiger charge is 1.88. The van der Waals surface area contributed by atoms with Crippen LogP contribution in [-0.2, 0) is 0 Å². The molecule has 0 saturated carbocycles. The van der Waals surface area contributed by atoms with E-state index in [2.05, 4.69) is 33.1 Å². The SMILES string of the molecule is C=CC=CCCCCCCC.C=CCCCCCCCCC. The van der Waals surface area contributed by atoms with E-state index in [0.717, 1.165) is 0 Å². The lowest BCUT2D eigenvalue weighted by molar-refractivity contribution is 0.592. The molecule has 0 nitrogen and oxygen atoms in total. The van der Waals surface area contributed by atoms with Gasteiger partial charge in [-0.2, -0.15) is 0 Å². The van der Waals surface area contributed by atoms with Crippen molar-refractivity contribution in [1.29, 1.82) is 0 Å². The topological polar surface area (TPSA) is 0 Å². The fourth-order valence-electron chi connectivity index (χ4n) is 2.30. The summed E-state index contributed by atoms with van der Waals surface area (Å²) in [7, 11) is 0. The van der Waals surface area contributed by atoms with Gasteiger partial charge in [-0.3, -0.25) is 0 Å². The summed E-state index contributed by atoms with van der Waals surface area (Å²) in [5.41, 5.74) is 0. The maximum atomic E-state index is 3.71. The molecule has 0 amide bonds. The third-order valence-electron chi connectivity index (χ3n) is 3.76. The van der Waals surface area contributed by atoms with Crippen molar-refractivity contribution in [1.82, 2.24) is 0 Å². The summed E-state index contributed by atoms with van der Waals surface area (Å²) in [6, 6.07) is 0. The van der Waals surface area contributed by atoms with Crippen LogP contribution >= 0.6 is 0 Å². The Hall–Kier alpha value is -0.780. The van der Waals surface area contributed by atoms with Gasteiger partial charge in [-0.05, 0) is 25.7 Å². The van der Waals surface area contributed by atoms with Gasteiger partial charge in [0.25, 0.3) is 0 Å². The van der Waals surface area contributed by atoms with E-state index < -0.39 is 0 Å². The Kier molecular flexibility index (Phi) is 26.9. The molecule has 0 heteroatoms. The average molecular weight is 307 g/mol. The van der Waals surface area contributed by atoms with Crippen molar-refractivity contribution in [3.63, 3.8) is 0 Å². The maximum Gasteiger partial charge on any atom is -0.0348 e. The van der Waals surface area contributed by atoms with Crippen molar-refractivity contribution in [3.05, 3.63) is 37.5 Å². The van der Waals surface area contributed by atoms with Crippen LogP contribution in [0.4, 0.5) is 0 Å². The molecular formula is C22H42. The third kappa shape index (κ3) is 27.5. The minimum Gasteiger partial charge on any atom is -0.103 e. The van der Waals surface area contributed by atoms with Gasteiger partial charge in [-0.25, -0.2) is 0 Å². The van der Waals surface area contributed by atoms with Gasteiger partial charge in [0.1, 0.15) is 0 Å². The standard InChI is InChI=1S/C11H22.C11H20/c2*1-3-5-7-9-11-10-8-6-4-2/h3H,1,4-11H2,2H3;3,5,7H,1,4,6,8-11H2,2H3. The lowest BCUT2D eigenvalue weighted by Crippen LogP contribution is -1.78. The predicted molar refractivity (Wildman–Crippen MR) is 106 cm³/mol. The molecule has 0 aliphatic rings. The molecule has 130 valence electrons. The van der Waals surface area contributed by atoms with Crippen LogP contribution in [0.25, 0.3) is 0 Å². The molecule has 0 N–H and O–H groups in total. The highest BCUT2D eigenvalue weighted by molar-refractivity contribution is 4.96. The van der Waals surface area contributed by atoms with Gasteiger partial charge in [0.15, 0.2) is 0 Å². The van der Waals surface area contributed by atoms with Crippen molar-refractivity contribution in [2.75, 3.05) is 0 Å². The van der Waals surface area contributed by atoms with E-state index in [1.165, 1.54) is 89.9 Å². The molecule has 0 rings (SSSR count). The molecule has 0 saturated heterocycles. The molecule has 0 atom stereocenters. The molecule has 0 aromatic carbocycles. The van der Waals surface area contributed by atoms with E-state index in [0.29, 0.717) is 0 Å². The van der Waals surface area contributed by atoms with E-state index in [1.807, 2.05) is 18.2 Å². The number of hydrogen-bond acceptors (Lipinski definition) is 0. The highest BCUT2D eigenvalue weighted by atomic mass is 13.9. The van der Waals surface area contributed by atoms with Gasteiger partial charge in [0.2, 0.25) is 0 Å². The molecule has 0 heterocycles. The molecule has 0 aliphatic carbocycles.